The van der Waals surface area contributed by atoms with Crippen molar-refractivity contribution in [3.05, 3.63) is 88.7 Å². The number of carbonyl (C=O) groups excluding carboxylic acids is 2. The predicted octanol–water partition coefficient (Wildman–Crippen LogP) is 4.22. The molecule has 0 aliphatic carbocycles. The minimum absolute atomic E-state index is 0.0218. The zero-order chi connectivity index (χ0) is 24.5. The average Bonchev–Trinajstić information content (AvgIpc) is 3.17. The second-order valence-corrected chi connectivity index (χ2v) is 8.02. The van der Waals surface area contributed by atoms with E-state index >= 15 is 0 Å². The summed E-state index contributed by atoms with van der Waals surface area (Å²) in [4.78, 5) is 36.6. The van der Waals surface area contributed by atoms with Crippen LogP contribution in [0.4, 0.5) is 0 Å². The van der Waals surface area contributed by atoms with Crippen molar-refractivity contribution in [1.82, 2.24) is 0 Å². The summed E-state index contributed by atoms with van der Waals surface area (Å²) >= 11 is 0. The number of ketones is 1. The number of carboxylic acid groups (broad SMARTS) is 1. The van der Waals surface area contributed by atoms with Gasteiger partial charge in [0.05, 0.1) is 19.1 Å². The number of carboxylic acids is 1. The van der Waals surface area contributed by atoms with E-state index in [1.54, 1.807) is 61.7 Å². The molecular weight excluding hydrogens is 452 g/mol. The molecule has 2 aliphatic heterocycles. The monoisotopic (exact) mass is 472 g/mol. The molecule has 2 aliphatic rings. The number of benzene rings is 3. The maximum absolute atomic E-state index is 13.1. The maximum Gasteiger partial charge on any atom is 0.341 e. The smallest absolute Gasteiger partial charge is 0.341 e. The molecule has 2 heterocycles. The van der Waals surface area contributed by atoms with E-state index in [1.807, 2.05) is 12.1 Å². The molecule has 0 fully saturated rings. The van der Waals surface area contributed by atoms with Crippen molar-refractivity contribution in [2.24, 2.45) is 0 Å². The van der Waals surface area contributed by atoms with Gasteiger partial charge in [0, 0.05) is 17.0 Å². The van der Waals surface area contributed by atoms with E-state index < -0.39 is 24.5 Å². The number of carbonyl (C=O) groups is 3. The van der Waals surface area contributed by atoms with Crippen LogP contribution in [0.1, 0.15) is 39.4 Å². The number of Topliss-reactive ketones (excluding diaryl/α,β-unsaturated/α-hetero) is 1. The molecule has 3 aromatic carbocycles. The van der Waals surface area contributed by atoms with Gasteiger partial charge in [-0.1, -0.05) is 30.3 Å². The van der Waals surface area contributed by atoms with E-state index in [0.717, 1.165) is 5.56 Å². The van der Waals surface area contributed by atoms with Crippen LogP contribution in [0.15, 0.2) is 66.4 Å². The van der Waals surface area contributed by atoms with Gasteiger partial charge >= 0.3 is 11.9 Å². The van der Waals surface area contributed by atoms with Gasteiger partial charge in [0.15, 0.2) is 12.4 Å². The number of hydrogen-bond acceptors (Lipinski definition) is 7. The first-order valence-corrected chi connectivity index (χ1v) is 10.8. The Balaban J connectivity index is 1.57. The molecule has 8 heteroatoms. The molecule has 1 atom stereocenters. The van der Waals surface area contributed by atoms with Crippen LogP contribution in [0.3, 0.4) is 0 Å². The Labute approximate surface area is 200 Å². The lowest BCUT2D eigenvalue weighted by atomic mass is 9.84. The Morgan fingerprint density at radius 2 is 1.83 bits per heavy atom. The van der Waals surface area contributed by atoms with E-state index in [4.69, 9.17) is 24.1 Å². The minimum Gasteiger partial charge on any atom is -0.497 e. The van der Waals surface area contributed by atoms with Gasteiger partial charge in [0.2, 0.25) is 5.78 Å². The summed E-state index contributed by atoms with van der Waals surface area (Å²) in [6, 6.07) is 17.2. The standard InChI is InChI=1S/C27H20O8/c1-32-16-8-6-15(7-9-16)12-22-26(31)18-10-11-21-25(27(18)35-22)19(13-24(30)34-21)17-4-2-3-5-20(17)33-14-23(28)29/h2-12,19H,13-14H2,1H3,(H,28,29)/b22-12-/t19-/m1/s1. The maximum atomic E-state index is 13.1. The molecule has 0 amide bonds. The fourth-order valence-corrected chi connectivity index (χ4v) is 4.26. The van der Waals surface area contributed by atoms with Crippen molar-refractivity contribution in [2.75, 3.05) is 13.7 Å². The molecule has 1 N–H and O–H groups in total. The number of methoxy groups -OCH3 is 1. The summed E-state index contributed by atoms with van der Waals surface area (Å²) < 4.78 is 22.2. The van der Waals surface area contributed by atoms with E-state index in [2.05, 4.69) is 0 Å². The molecule has 3 aromatic rings. The number of fused-ring (bicyclic) bond motifs is 3. The van der Waals surface area contributed by atoms with Gasteiger partial charge in [-0.3, -0.25) is 9.59 Å². The molecule has 0 bridgehead atoms. The first-order valence-electron chi connectivity index (χ1n) is 10.8. The molecule has 0 radical (unpaired) electrons. The number of allylic oxidation sites excluding steroid dienone is 1. The third-order valence-electron chi connectivity index (χ3n) is 5.84. The highest BCUT2D eigenvalue weighted by molar-refractivity contribution is 6.15. The number of aliphatic carboxylic acids is 1. The van der Waals surface area contributed by atoms with Crippen LogP contribution < -0.4 is 18.9 Å². The third kappa shape index (κ3) is 4.21. The van der Waals surface area contributed by atoms with Crippen LogP contribution in [-0.4, -0.2) is 36.5 Å². The minimum atomic E-state index is -1.12. The highest BCUT2D eigenvalue weighted by Gasteiger charge is 2.39. The highest BCUT2D eigenvalue weighted by atomic mass is 16.5. The normalized spacial score (nSPS) is 17.3. The van der Waals surface area contributed by atoms with Crippen LogP contribution in [0.2, 0.25) is 0 Å². The van der Waals surface area contributed by atoms with Gasteiger partial charge in [-0.15, -0.1) is 0 Å². The lowest BCUT2D eigenvalue weighted by molar-refractivity contribution is -0.139. The van der Waals surface area contributed by atoms with E-state index in [9.17, 15) is 14.4 Å². The number of esters is 1. The SMILES string of the molecule is COc1ccc(/C=C2\Oc3c(ccc4c3[C@@H](c3ccccc3OCC(=O)O)CC(=O)O4)C2=O)cc1. The van der Waals surface area contributed by atoms with Crippen molar-refractivity contribution in [3.8, 4) is 23.0 Å². The molecule has 0 unspecified atom stereocenters. The van der Waals surface area contributed by atoms with Crippen LogP contribution in [0.5, 0.6) is 23.0 Å². The van der Waals surface area contributed by atoms with Crippen molar-refractivity contribution in [1.29, 1.82) is 0 Å². The second kappa shape index (κ2) is 8.98. The van der Waals surface area contributed by atoms with E-state index in [-0.39, 0.29) is 23.7 Å². The summed E-state index contributed by atoms with van der Waals surface area (Å²) in [7, 11) is 1.57. The molecule has 176 valence electrons. The summed E-state index contributed by atoms with van der Waals surface area (Å²) in [5, 5.41) is 9.04. The fraction of sp³-hybridized carbons (Fsp3) is 0.148. The first kappa shape index (κ1) is 22.2. The molecule has 0 aromatic heterocycles. The van der Waals surface area contributed by atoms with Crippen molar-refractivity contribution in [3.63, 3.8) is 0 Å². The van der Waals surface area contributed by atoms with Crippen LogP contribution >= 0.6 is 0 Å². The lowest BCUT2D eigenvalue weighted by Gasteiger charge is -2.27. The zero-order valence-corrected chi connectivity index (χ0v) is 18.6. The Morgan fingerprint density at radius 3 is 2.57 bits per heavy atom. The molecule has 0 saturated heterocycles. The van der Waals surface area contributed by atoms with Gasteiger partial charge < -0.3 is 24.1 Å². The van der Waals surface area contributed by atoms with Crippen LogP contribution in [0.25, 0.3) is 6.08 Å². The largest absolute Gasteiger partial charge is 0.497 e. The molecule has 8 nitrogen and oxygen atoms in total. The molecule has 35 heavy (non-hydrogen) atoms. The van der Waals surface area contributed by atoms with Gasteiger partial charge in [-0.2, -0.15) is 0 Å². The Bertz CT molecular complexity index is 1370. The quantitative estimate of drug-likeness (QED) is 0.323. The predicted molar refractivity (Wildman–Crippen MR) is 124 cm³/mol. The van der Waals surface area contributed by atoms with Gasteiger partial charge in [0.25, 0.3) is 0 Å². The van der Waals surface area contributed by atoms with Crippen LogP contribution in [-0.2, 0) is 9.59 Å². The summed E-state index contributed by atoms with van der Waals surface area (Å²) in [6.07, 6.45) is 1.62. The summed E-state index contributed by atoms with van der Waals surface area (Å²) in [5.74, 6) is -0.642. The first-order chi connectivity index (χ1) is 16.9. The van der Waals surface area contributed by atoms with E-state index in [0.29, 0.717) is 33.9 Å². The third-order valence-corrected chi connectivity index (χ3v) is 5.84. The lowest BCUT2D eigenvalue weighted by Crippen LogP contribution is -2.22. The molecule has 0 saturated carbocycles. The number of ether oxygens (including phenoxy) is 4. The average molecular weight is 472 g/mol. The van der Waals surface area contributed by atoms with E-state index in [1.165, 1.54) is 0 Å². The number of hydrogen-bond donors (Lipinski definition) is 1. The fourth-order valence-electron chi connectivity index (χ4n) is 4.26. The number of rotatable bonds is 6. The second-order valence-electron chi connectivity index (χ2n) is 8.02. The highest BCUT2D eigenvalue weighted by Crippen LogP contribution is 2.50. The summed E-state index contributed by atoms with van der Waals surface area (Å²) in [6.45, 7) is -0.530. The topological polar surface area (TPSA) is 108 Å². The zero-order valence-electron chi connectivity index (χ0n) is 18.6. The Kier molecular flexibility index (Phi) is 5.70. The Morgan fingerprint density at radius 1 is 1.06 bits per heavy atom. The van der Waals surface area contributed by atoms with Gasteiger partial charge in [-0.25, -0.2) is 4.79 Å². The molecule has 5 rings (SSSR count). The van der Waals surface area contributed by atoms with Crippen molar-refractivity contribution >= 4 is 23.8 Å². The van der Waals surface area contributed by atoms with Crippen LogP contribution in [0, 0.1) is 0 Å². The van der Waals surface area contributed by atoms with Gasteiger partial charge in [0.1, 0.15) is 23.0 Å². The van der Waals surface area contributed by atoms with Crippen molar-refractivity contribution in [2.45, 2.75) is 12.3 Å². The molecular formula is C27H20O8. The molecule has 0 spiro atoms. The Hall–Kier alpha value is -4.59. The number of para-hydroxylation sites is 1. The summed E-state index contributed by atoms with van der Waals surface area (Å²) in [5.41, 5.74) is 2.25. The van der Waals surface area contributed by atoms with Gasteiger partial charge in [-0.05, 0) is 42.0 Å². The van der Waals surface area contributed by atoms with Crippen molar-refractivity contribution < 1.29 is 38.4 Å².